The van der Waals surface area contributed by atoms with E-state index in [1.807, 2.05) is 0 Å². The van der Waals surface area contributed by atoms with Crippen molar-refractivity contribution in [2.24, 2.45) is 0 Å². The summed E-state index contributed by atoms with van der Waals surface area (Å²) in [5, 5.41) is 1.37. The van der Waals surface area contributed by atoms with Crippen LogP contribution in [0.3, 0.4) is 0 Å². The predicted molar refractivity (Wildman–Crippen MR) is 74.7 cm³/mol. The summed E-state index contributed by atoms with van der Waals surface area (Å²) in [6.07, 6.45) is 0.740. The van der Waals surface area contributed by atoms with Crippen LogP contribution < -0.4 is 0 Å². The van der Waals surface area contributed by atoms with Crippen molar-refractivity contribution in [3.63, 3.8) is 0 Å². The molecule has 0 atom stereocenters. The van der Waals surface area contributed by atoms with Crippen LogP contribution in [0.25, 0.3) is 0 Å². The monoisotopic (exact) mass is 359 g/mol. The Bertz CT molecular complexity index is 473. The van der Waals surface area contributed by atoms with Gasteiger partial charge in [-0.2, -0.15) is 0 Å². The first-order valence-corrected chi connectivity index (χ1v) is 8.18. The molecular formula is C10H12BrCl2NO2S. The van der Waals surface area contributed by atoms with Crippen LogP contribution in [0.15, 0.2) is 23.1 Å². The summed E-state index contributed by atoms with van der Waals surface area (Å²) in [6, 6.07) is 4.29. The molecule has 1 aromatic carbocycles. The fraction of sp³-hybridized carbons (Fsp3) is 0.400. The second-order valence-electron chi connectivity index (χ2n) is 3.47. The van der Waals surface area contributed by atoms with E-state index in [1.165, 1.54) is 29.6 Å². The van der Waals surface area contributed by atoms with E-state index in [4.69, 9.17) is 23.2 Å². The van der Waals surface area contributed by atoms with Gasteiger partial charge in [-0.15, -0.1) is 0 Å². The van der Waals surface area contributed by atoms with E-state index >= 15 is 0 Å². The first-order chi connectivity index (χ1) is 7.87. The van der Waals surface area contributed by atoms with Crippen molar-refractivity contribution < 1.29 is 8.42 Å². The molecule has 0 fully saturated rings. The molecule has 0 saturated heterocycles. The Morgan fingerprint density at radius 3 is 2.24 bits per heavy atom. The fourth-order valence-corrected chi connectivity index (χ4v) is 3.45. The first kappa shape index (κ1) is 15.2. The molecule has 1 rings (SSSR count). The second-order valence-corrected chi connectivity index (χ2v) is 7.19. The Kier molecular flexibility index (Phi) is 5.73. The summed E-state index contributed by atoms with van der Waals surface area (Å²) in [6.45, 7) is 0.442. The molecule has 0 spiro atoms. The number of alkyl halides is 1. The van der Waals surface area contributed by atoms with Gasteiger partial charge in [0.2, 0.25) is 10.0 Å². The number of benzene rings is 1. The lowest BCUT2D eigenvalue weighted by Crippen LogP contribution is -2.28. The highest BCUT2D eigenvalue weighted by atomic mass is 79.9. The van der Waals surface area contributed by atoms with Gasteiger partial charge in [0.15, 0.2) is 0 Å². The van der Waals surface area contributed by atoms with Crippen molar-refractivity contribution in [2.75, 3.05) is 18.9 Å². The van der Waals surface area contributed by atoms with Crippen molar-refractivity contribution >= 4 is 49.2 Å². The van der Waals surface area contributed by atoms with Crippen LogP contribution in [0.4, 0.5) is 0 Å². The third-order valence-corrected chi connectivity index (χ3v) is 4.98. The Hall–Kier alpha value is 0.190. The SMILES string of the molecule is CN(CCCBr)S(=O)(=O)c1cc(Cl)cc(Cl)c1. The molecule has 0 saturated carbocycles. The number of hydrogen-bond acceptors (Lipinski definition) is 2. The number of hydrogen-bond donors (Lipinski definition) is 0. The highest BCUT2D eigenvalue weighted by Gasteiger charge is 2.21. The minimum atomic E-state index is -3.51. The number of rotatable bonds is 5. The highest BCUT2D eigenvalue weighted by Crippen LogP contribution is 2.24. The summed E-state index contributed by atoms with van der Waals surface area (Å²) in [7, 11) is -1.98. The largest absolute Gasteiger partial charge is 0.242 e. The van der Waals surface area contributed by atoms with Crippen LogP contribution in [-0.2, 0) is 10.0 Å². The zero-order valence-corrected chi connectivity index (χ0v) is 13.1. The van der Waals surface area contributed by atoms with Gasteiger partial charge in [-0.1, -0.05) is 39.1 Å². The maximum absolute atomic E-state index is 12.1. The molecule has 0 aliphatic rings. The van der Waals surface area contributed by atoms with Crippen molar-refractivity contribution in [3.8, 4) is 0 Å². The fourth-order valence-electron chi connectivity index (χ4n) is 1.26. The summed E-state index contributed by atoms with van der Waals surface area (Å²) >= 11 is 14.8. The summed E-state index contributed by atoms with van der Waals surface area (Å²) in [5.74, 6) is 0. The van der Waals surface area contributed by atoms with Gasteiger partial charge in [-0.3, -0.25) is 0 Å². The number of nitrogens with zero attached hydrogens (tertiary/aromatic N) is 1. The topological polar surface area (TPSA) is 37.4 Å². The van der Waals surface area contributed by atoms with Gasteiger partial charge in [0.05, 0.1) is 4.90 Å². The average Bonchev–Trinajstić information content (AvgIpc) is 2.24. The van der Waals surface area contributed by atoms with Crippen molar-refractivity contribution in [3.05, 3.63) is 28.2 Å². The van der Waals surface area contributed by atoms with E-state index in [-0.39, 0.29) is 4.90 Å². The van der Waals surface area contributed by atoms with Gasteiger partial charge in [0.25, 0.3) is 0 Å². The van der Waals surface area contributed by atoms with Crippen LogP contribution in [0.2, 0.25) is 10.0 Å². The maximum Gasteiger partial charge on any atom is 0.242 e. The molecular weight excluding hydrogens is 349 g/mol. The molecule has 0 aliphatic heterocycles. The van der Waals surface area contributed by atoms with Crippen molar-refractivity contribution in [2.45, 2.75) is 11.3 Å². The summed E-state index contributed by atoms with van der Waals surface area (Å²) < 4.78 is 25.6. The standard InChI is InChI=1S/C10H12BrCl2NO2S/c1-14(4-2-3-11)17(15,16)10-6-8(12)5-9(13)7-10/h5-7H,2-4H2,1H3. The molecule has 0 bridgehead atoms. The molecule has 17 heavy (non-hydrogen) atoms. The molecule has 0 amide bonds. The van der Waals surface area contributed by atoms with Crippen molar-refractivity contribution in [1.82, 2.24) is 4.31 Å². The number of sulfonamides is 1. The minimum Gasteiger partial charge on any atom is -0.207 e. The molecule has 0 aromatic heterocycles. The lowest BCUT2D eigenvalue weighted by atomic mass is 10.4. The zero-order chi connectivity index (χ0) is 13.1. The van der Waals surface area contributed by atoms with Gasteiger partial charge in [0.1, 0.15) is 0 Å². The quantitative estimate of drug-likeness (QED) is 0.754. The molecule has 0 N–H and O–H groups in total. The molecule has 1 aromatic rings. The lowest BCUT2D eigenvalue weighted by molar-refractivity contribution is 0.470. The maximum atomic E-state index is 12.1. The normalized spacial score (nSPS) is 12.1. The molecule has 7 heteroatoms. The average molecular weight is 361 g/mol. The van der Waals surface area contributed by atoms with Gasteiger partial charge in [-0.05, 0) is 24.6 Å². The van der Waals surface area contributed by atoms with Crippen LogP contribution in [-0.4, -0.2) is 31.6 Å². The second kappa shape index (κ2) is 6.38. The first-order valence-electron chi connectivity index (χ1n) is 4.86. The van der Waals surface area contributed by atoms with Gasteiger partial charge in [0, 0.05) is 29.0 Å². The van der Waals surface area contributed by atoms with E-state index in [1.54, 1.807) is 0 Å². The van der Waals surface area contributed by atoms with Crippen molar-refractivity contribution in [1.29, 1.82) is 0 Å². The third-order valence-electron chi connectivity index (χ3n) is 2.15. The Balaban J connectivity index is 3.04. The highest BCUT2D eigenvalue weighted by molar-refractivity contribution is 9.09. The molecule has 96 valence electrons. The molecule has 0 unspecified atom stereocenters. The summed E-state index contributed by atoms with van der Waals surface area (Å²) in [5.41, 5.74) is 0. The smallest absolute Gasteiger partial charge is 0.207 e. The van der Waals surface area contributed by atoms with Crippen LogP contribution >= 0.6 is 39.1 Å². The third kappa shape index (κ3) is 4.10. The van der Waals surface area contributed by atoms with E-state index in [2.05, 4.69) is 15.9 Å². The van der Waals surface area contributed by atoms with Gasteiger partial charge < -0.3 is 0 Å². The van der Waals surface area contributed by atoms with E-state index in [9.17, 15) is 8.42 Å². The molecule has 3 nitrogen and oxygen atoms in total. The Morgan fingerprint density at radius 1 is 1.24 bits per heavy atom. The predicted octanol–water partition coefficient (Wildman–Crippen LogP) is 3.40. The Morgan fingerprint density at radius 2 is 1.76 bits per heavy atom. The minimum absolute atomic E-state index is 0.118. The lowest BCUT2D eigenvalue weighted by Gasteiger charge is -2.16. The molecule has 0 aliphatic carbocycles. The Labute approximate surface area is 120 Å². The molecule has 0 radical (unpaired) electrons. The van der Waals surface area contributed by atoms with Gasteiger partial charge >= 0.3 is 0 Å². The van der Waals surface area contributed by atoms with Crippen LogP contribution in [0.5, 0.6) is 0 Å². The number of halogens is 3. The zero-order valence-electron chi connectivity index (χ0n) is 9.16. The van der Waals surface area contributed by atoms with E-state index in [0.29, 0.717) is 16.6 Å². The van der Waals surface area contributed by atoms with Crippen LogP contribution in [0, 0.1) is 0 Å². The van der Waals surface area contributed by atoms with Crippen LogP contribution in [0.1, 0.15) is 6.42 Å². The van der Waals surface area contributed by atoms with Gasteiger partial charge in [-0.25, -0.2) is 12.7 Å². The van der Waals surface area contributed by atoms with E-state index < -0.39 is 10.0 Å². The van der Waals surface area contributed by atoms with E-state index in [0.717, 1.165) is 11.8 Å². The molecule has 0 heterocycles. The summed E-state index contributed by atoms with van der Waals surface area (Å²) in [4.78, 5) is 0.118.